The second-order valence-electron chi connectivity index (χ2n) is 3.63. The maximum absolute atomic E-state index is 11.8. The number of aromatic amines is 1. The lowest BCUT2D eigenvalue weighted by Gasteiger charge is -2.13. The van der Waals surface area contributed by atoms with E-state index in [4.69, 9.17) is 0 Å². The van der Waals surface area contributed by atoms with Gasteiger partial charge in [-0.2, -0.15) is 4.72 Å². The normalized spacial score (nSPS) is 13.0. The van der Waals surface area contributed by atoms with Crippen molar-refractivity contribution in [3.05, 3.63) is 28.7 Å². The molecule has 7 nitrogen and oxygen atoms in total. The Balaban J connectivity index is 2.85. The number of H-pyrrole nitrogens is 1. The third-order valence-corrected chi connectivity index (χ3v) is 3.68. The first-order chi connectivity index (χ1) is 8.36. The number of hydrogen-bond acceptors (Lipinski definition) is 4. The fourth-order valence-electron chi connectivity index (χ4n) is 1.25. The molecule has 1 aromatic rings. The van der Waals surface area contributed by atoms with Gasteiger partial charge in [-0.1, -0.05) is 0 Å². The Bertz CT molecular complexity index is 559. The van der Waals surface area contributed by atoms with E-state index < -0.39 is 27.5 Å². The molecule has 1 aromatic heterocycles. The number of rotatable bonds is 5. The van der Waals surface area contributed by atoms with Gasteiger partial charge in [0.2, 0.25) is 21.5 Å². The van der Waals surface area contributed by atoms with Gasteiger partial charge in [0.05, 0.1) is 10.9 Å². The van der Waals surface area contributed by atoms with Crippen molar-refractivity contribution in [2.75, 3.05) is 6.54 Å². The van der Waals surface area contributed by atoms with Crippen LogP contribution in [0.5, 0.6) is 0 Å². The Morgan fingerprint density at radius 2 is 2.11 bits per heavy atom. The number of sulfonamides is 1. The smallest absolute Gasteiger partial charge is 0.247 e. The largest absolute Gasteiger partial charge is 0.355 e. The van der Waals surface area contributed by atoms with E-state index in [9.17, 15) is 18.0 Å². The highest BCUT2D eigenvalue weighted by molar-refractivity contribution is 7.89. The average Bonchev–Trinajstić information content (AvgIpc) is 2.29. The number of hydrogen-bond donors (Lipinski definition) is 3. The number of pyridine rings is 1. The first kappa shape index (κ1) is 14.4. The Hall–Kier alpha value is -1.67. The van der Waals surface area contributed by atoms with E-state index in [1.165, 1.54) is 13.0 Å². The topological polar surface area (TPSA) is 108 Å². The monoisotopic (exact) mass is 273 g/mol. The molecule has 1 unspecified atom stereocenters. The van der Waals surface area contributed by atoms with Crippen LogP contribution in [0.25, 0.3) is 0 Å². The summed E-state index contributed by atoms with van der Waals surface area (Å²) in [6, 6.07) is 1.39. The highest BCUT2D eigenvalue weighted by Gasteiger charge is 2.21. The molecule has 100 valence electrons. The predicted molar refractivity (Wildman–Crippen MR) is 65.5 cm³/mol. The van der Waals surface area contributed by atoms with Crippen molar-refractivity contribution in [1.82, 2.24) is 15.0 Å². The predicted octanol–water partition coefficient (Wildman–Crippen LogP) is -0.822. The summed E-state index contributed by atoms with van der Waals surface area (Å²) in [7, 11) is -3.82. The van der Waals surface area contributed by atoms with Gasteiger partial charge in [-0.05, 0) is 19.9 Å². The molecule has 1 atom stereocenters. The first-order valence-electron chi connectivity index (χ1n) is 5.35. The molecule has 0 aromatic carbocycles. The number of nitrogens with one attached hydrogen (secondary N) is 3. The molecular weight excluding hydrogens is 258 g/mol. The lowest BCUT2D eigenvalue weighted by atomic mass is 10.3. The minimum atomic E-state index is -3.82. The Morgan fingerprint density at radius 3 is 2.61 bits per heavy atom. The van der Waals surface area contributed by atoms with Gasteiger partial charge in [0.25, 0.3) is 0 Å². The van der Waals surface area contributed by atoms with Crippen LogP contribution in [0.4, 0.5) is 0 Å². The minimum absolute atomic E-state index is 0.0988. The van der Waals surface area contributed by atoms with Crippen LogP contribution in [-0.2, 0) is 14.8 Å². The molecule has 0 saturated carbocycles. The third kappa shape index (κ3) is 3.67. The van der Waals surface area contributed by atoms with Crippen molar-refractivity contribution in [2.45, 2.75) is 24.8 Å². The van der Waals surface area contributed by atoms with Crippen molar-refractivity contribution in [2.24, 2.45) is 0 Å². The van der Waals surface area contributed by atoms with Crippen LogP contribution in [0.3, 0.4) is 0 Å². The van der Waals surface area contributed by atoms with Crippen molar-refractivity contribution in [3.8, 4) is 0 Å². The summed E-state index contributed by atoms with van der Waals surface area (Å²) in [6.45, 7) is 3.60. The summed E-state index contributed by atoms with van der Waals surface area (Å²) in [5.74, 6) is -0.412. The average molecular weight is 273 g/mol. The van der Waals surface area contributed by atoms with Crippen LogP contribution >= 0.6 is 0 Å². The van der Waals surface area contributed by atoms with Crippen LogP contribution in [0, 0.1) is 0 Å². The Morgan fingerprint density at radius 1 is 1.44 bits per heavy atom. The summed E-state index contributed by atoms with van der Waals surface area (Å²) in [6.07, 6.45) is 1.08. The molecule has 8 heteroatoms. The molecule has 3 N–H and O–H groups in total. The van der Waals surface area contributed by atoms with Crippen molar-refractivity contribution in [1.29, 1.82) is 0 Å². The van der Waals surface area contributed by atoms with Gasteiger partial charge >= 0.3 is 0 Å². The van der Waals surface area contributed by atoms with Crippen LogP contribution in [-0.4, -0.2) is 31.9 Å². The SMILES string of the molecule is CCNC(=O)C(C)NS(=O)(=O)c1ccc(=O)[nH]c1. The third-order valence-electron chi connectivity index (χ3n) is 2.14. The van der Waals surface area contributed by atoms with Crippen molar-refractivity contribution < 1.29 is 13.2 Å². The zero-order valence-corrected chi connectivity index (χ0v) is 10.9. The van der Waals surface area contributed by atoms with E-state index in [-0.39, 0.29) is 4.90 Å². The molecule has 0 aliphatic rings. The van der Waals surface area contributed by atoms with Gasteiger partial charge in [0.1, 0.15) is 0 Å². The molecule has 0 bridgehead atoms. The Kier molecular flexibility index (Phi) is 4.62. The van der Waals surface area contributed by atoms with E-state index in [1.807, 2.05) is 0 Å². The van der Waals surface area contributed by atoms with E-state index in [2.05, 4.69) is 15.0 Å². The molecule has 0 aliphatic heterocycles. The molecular formula is C10H15N3O4S. The van der Waals surface area contributed by atoms with E-state index in [1.54, 1.807) is 6.92 Å². The fourth-order valence-corrected chi connectivity index (χ4v) is 2.41. The number of amides is 1. The number of carbonyl (C=O) groups excluding carboxylic acids is 1. The second-order valence-corrected chi connectivity index (χ2v) is 5.34. The summed E-state index contributed by atoms with van der Waals surface area (Å²) in [5.41, 5.74) is -0.397. The van der Waals surface area contributed by atoms with E-state index in [0.29, 0.717) is 6.54 Å². The number of aromatic nitrogens is 1. The maximum atomic E-state index is 11.8. The molecule has 0 fully saturated rings. The van der Waals surface area contributed by atoms with Crippen molar-refractivity contribution in [3.63, 3.8) is 0 Å². The second kappa shape index (κ2) is 5.78. The molecule has 0 aliphatic carbocycles. The molecule has 1 heterocycles. The molecule has 0 spiro atoms. The highest BCUT2D eigenvalue weighted by Crippen LogP contribution is 2.05. The number of likely N-dealkylation sites (N-methyl/N-ethyl adjacent to an activating group) is 1. The lowest BCUT2D eigenvalue weighted by Crippen LogP contribution is -2.44. The summed E-state index contributed by atoms with van der Waals surface area (Å²) < 4.78 is 25.9. The van der Waals surface area contributed by atoms with Gasteiger partial charge in [-0.25, -0.2) is 8.42 Å². The quantitative estimate of drug-likeness (QED) is 0.651. The minimum Gasteiger partial charge on any atom is -0.355 e. The lowest BCUT2D eigenvalue weighted by molar-refractivity contribution is -0.122. The Labute approximate surface area is 105 Å². The van der Waals surface area contributed by atoms with Crippen molar-refractivity contribution >= 4 is 15.9 Å². The summed E-state index contributed by atoms with van der Waals surface area (Å²) in [4.78, 5) is 24.4. The van der Waals surface area contributed by atoms with E-state index in [0.717, 1.165) is 12.3 Å². The van der Waals surface area contributed by atoms with Gasteiger partial charge in [-0.3, -0.25) is 9.59 Å². The van der Waals surface area contributed by atoms with Gasteiger partial charge in [0, 0.05) is 18.8 Å². The molecule has 18 heavy (non-hydrogen) atoms. The van der Waals surface area contributed by atoms with Crippen LogP contribution < -0.4 is 15.6 Å². The zero-order chi connectivity index (χ0) is 13.8. The first-order valence-corrected chi connectivity index (χ1v) is 6.84. The zero-order valence-electron chi connectivity index (χ0n) is 10.1. The van der Waals surface area contributed by atoms with Crippen LogP contribution in [0.15, 0.2) is 28.0 Å². The highest BCUT2D eigenvalue weighted by atomic mass is 32.2. The van der Waals surface area contributed by atoms with Crippen LogP contribution in [0.2, 0.25) is 0 Å². The summed E-state index contributed by atoms with van der Waals surface area (Å²) >= 11 is 0. The van der Waals surface area contributed by atoms with Gasteiger partial charge < -0.3 is 10.3 Å². The standard InChI is InChI=1S/C10H15N3O4S/c1-3-11-10(15)7(2)13-18(16,17)8-4-5-9(14)12-6-8/h4-7,13H,3H2,1-2H3,(H,11,15)(H,12,14). The molecule has 1 amide bonds. The molecule has 0 radical (unpaired) electrons. The van der Waals surface area contributed by atoms with Gasteiger partial charge in [0.15, 0.2) is 0 Å². The molecule has 0 saturated heterocycles. The molecule has 1 rings (SSSR count). The van der Waals surface area contributed by atoms with Gasteiger partial charge in [-0.15, -0.1) is 0 Å². The van der Waals surface area contributed by atoms with E-state index >= 15 is 0 Å². The fraction of sp³-hybridized carbons (Fsp3) is 0.400. The summed E-state index contributed by atoms with van der Waals surface area (Å²) in [5, 5.41) is 2.50. The van der Waals surface area contributed by atoms with Crippen LogP contribution in [0.1, 0.15) is 13.8 Å². The number of carbonyl (C=O) groups is 1. The maximum Gasteiger partial charge on any atom is 0.247 e.